The summed E-state index contributed by atoms with van der Waals surface area (Å²) in [6, 6.07) is 0. The van der Waals surface area contributed by atoms with E-state index in [1.807, 2.05) is 0 Å². The van der Waals surface area contributed by atoms with Gasteiger partial charge in [-0.15, -0.1) is 26.3 Å². The average molecular weight is 266 g/mol. The molecule has 8 N–H and O–H groups in total. The van der Waals surface area contributed by atoms with Gasteiger partial charge in [0.05, 0.1) is 0 Å². The summed E-state index contributed by atoms with van der Waals surface area (Å²) in [4.78, 5) is 14.3. The van der Waals surface area contributed by atoms with Crippen molar-refractivity contribution in [1.29, 1.82) is 0 Å². The van der Waals surface area contributed by atoms with Gasteiger partial charge in [-0.3, -0.25) is 4.57 Å². The van der Waals surface area contributed by atoms with E-state index in [1.165, 1.54) is 32.1 Å². The molecule has 0 amide bonds. The molecule has 0 aromatic carbocycles. The van der Waals surface area contributed by atoms with Crippen molar-refractivity contribution in [3.63, 3.8) is 0 Å². The molecule has 1 aliphatic carbocycles. The molecule has 16 heavy (non-hydrogen) atoms. The Kier molecular flexibility index (Phi) is 101. The zero-order valence-corrected chi connectivity index (χ0v) is 10.6. The Bertz CT molecular complexity index is 103. The van der Waals surface area contributed by atoms with E-state index >= 15 is 0 Å². The second-order valence-corrected chi connectivity index (χ2v) is 2.62. The molecule has 1 rings (SSSR count). The van der Waals surface area contributed by atoms with Gasteiger partial charge in [-0.1, -0.05) is 32.1 Å². The van der Waals surface area contributed by atoms with Gasteiger partial charge in [0.15, 0.2) is 0 Å². The van der Waals surface area contributed by atoms with Crippen molar-refractivity contribution < 1.29 is 14.4 Å². The normalized spacial score (nSPS) is 10.2. The Balaban J connectivity index is -0.0000000212. The van der Waals surface area contributed by atoms with Gasteiger partial charge < -0.3 is 22.1 Å². The predicted molar refractivity (Wildman–Crippen MR) is 76.2 cm³/mol. The molecule has 0 aromatic heterocycles. The van der Waals surface area contributed by atoms with E-state index < -0.39 is 8.25 Å². The number of hydrogen-bond acceptors (Lipinski definition) is 3. The quantitative estimate of drug-likeness (QED) is 0.304. The monoisotopic (exact) mass is 266 g/mol. The van der Waals surface area contributed by atoms with Crippen LogP contribution in [-0.4, -0.2) is 39.3 Å². The van der Waals surface area contributed by atoms with Gasteiger partial charge in [-0.05, 0) is 0 Å². The van der Waals surface area contributed by atoms with Gasteiger partial charge in [-0.25, -0.2) is 0 Å². The Labute approximate surface area is 122 Å². The summed E-state index contributed by atoms with van der Waals surface area (Å²) in [5.41, 5.74) is 0. The Hall–Kier alpha value is 0.550. The Morgan fingerprint density at radius 1 is 0.750 bits per heavy atom. The van der Waals surface area contributed by atoms with Gasteiger partial charge in [-0.2, -0.15) is 0 Å². The van der Waals surface area contributed by atoms with E-state index in [2.05, 4.69) is 26.3 Å². The molecule has 5 nitrogen and oxygen atoms in total. The molecule has 0 aliphatic heterocycles. The minimum atomic E-state index is -3.13. The van der Waals surface area contributed by atoms with Crippen LogP contribution >= 0.6 is 8.25 Å². The van der Waals surface area contributed by atoms with Gasteiger partial charge in [0.2, 0.25) is 0 Å². The zero-order valence-electron chi connectivity index (χ0n) is 9.58. The summed E-state index contributed by atoms with van der Waals surface area (Å²) in [6.07, 6.45) is 7.50. The first-order valence-electron chi connectivity index (χ1n) is 4.15. The third-order valence-corrected chi connectivity index (χ3v) is 1.25. The van der Waals surface area contributed by atoms with E-state index in [0.717, 1.165) is 0 Å². The van der Waals surface area contributed by atoms with Gasteiger partial charge in [0.1, 0.15) is 0 Å². The molecule has 0 spiro atoms. The first kappa shape index (κ1) is 36.0. The SMILES string of the molecule is C1CCCC1.C=C.C=C.N.N.O=[PH](O)O.[NaH]. The molecular formula is C9H28N2NaO3P. The molecule has 1 aliphatic rings. The van der Waals surface area contributed by atoms with Crippen LogP contribution in [-0.2, 0) is 4.57 Å². The van der Waals surface area contributed by atoms with Crippen LogP contribution in [0, 0.1) is 0 Å². The summed E-state index contributed by atoms with van der Waals surface area (Å²) >= 11 is 0. The molecule has 0 atom stereocenters. The fourth-order valence-electron chi connectivity index (χ4n) is 0.884. The van der Waals surface area contributed by atoms with Crippen LogP contribution in [0.15, 0.2) is 26.3 Å². The molecule has 1 fully saturated rings. The summed E-state index contributed by atoms with van der Waals surface area (Å²) in [5.74, 6) is 0. The standard InChI is InChI=1S/C5H10.2C2H4.2H3N.Na.H3O3P.H/c1-2-4-5-3-1;2*1-2;;;;1-4(2)3;/h1-5H2;2*1-2H2;2*1H3;;4H,(H2,1,2,3);. The number of hydrogen-bond donors (Lipinski definition) is 4. The Morgan fingerprint density at radius 2 is 0.812 bits per heavy atom. The van der Waals surface area contributed by atoms with Crippen molar-refractivity contribution in [2.24, 2.45) is 0 Å². The second kappa shape index (κ2) is 45.0. The maximum atomic E-state index is 8.74. The van der Waals surface area contributed by atoms with Gasteiger partial charge in [0, 0.05) is 0 Å². The van der Waals surface area contributed by atoms with E-state index in [1.54, 1.807) is 0 Å². The molecule has 1 saturated carbocycles. The van der Waals surface area contributed by atoms with E-state index in [4.69, 9.17) is 14.4 Å². The number of rotatable bonds is 0. The van der Waals surface area contributed by atoms with E-state index in [0.29, 0.717) is 0 Å². The van der Waals surface area contributed by atoms with Crippen LogP contribution in [0.1, 0.15) is 32.1 Å². The van der Waals surface area contributed by atoms with Crippen LogP contribution < -0.4 is 12.3 Å². The van der Waals surface area contributed by atoms with Crippen molar-refractivity contribution in [1.82, 2.24) is 12.3 Å². The first-order valence-corrected chi connectivity index (χ1v) is 5.45. The summed E-state index contributed by atoms with van der Waals surface area (Å²) in [5, 5.41) is 0. The third kappa shape index (κ3) is 86.7. The van der Waals surface area contributed by atoms with Crippen molar-refractivity contribution >= 4 is 37.8 Å². The molecule has 7 heteroatoms. The average Bonchev–Trinajstić information content (AvgIpc) is 2.67. The van der Waals surface area contributed by atoms with Crippen LogP contribution in [0.5, 0.6) is 0 Å². The van der Waals surface area contributed by atoms with E-state index in [9.17, 15) is 0 Å². The van der Waals surface area contributed by atoms with Crippen molar-refractivity contribution in [2.75, 3.05) is 0 Å². The zero-order chi connectivity index (χ0) is 11.1. The topological polar surface area (TPSA) is 128 Å². The molecule has 0 saturated heterocycles. The minimum absolute atomic E-state index is 0. The predicted octanol–water partition coefficient (Wildman–Crippen LogP) is 2.59. The van der Waals surface area contributed by atoms with Crippen molar-refractivity contribution in [3.8, 4) is 0 Å². The van der Waals surface area contributed by atoms with Gasteiger partial charge >= 0.3 is 37.8 Å². The summed E-state index contributed by atoms with van der Waals surface area (Å²) in [6.45, 7) is 12.0. The molecule has 0 unspecified atom stereocenters. The van der Waals surface area contributed by atoms with Crippen LogP contribution in [0.25, 0.3) is 0 Å². The molecule has 0 aromatic rings. The third-order valence-electron chi connectivity index (χ3n) is 1.25. The summed E-state index contributed by atoms with van der Waals surface area (Å²) in [7, 11) is -3.13. The van der Waals surface area contributed by atoms with E-state index in [-0.39, 0.29) is 41.9 Å². The molecular weight excluding hydrogens is 238 g/mol. The Morgan fingerprint density at radius 3 is 0.875 bits per heavy atom. The molecule has 0 bridgehead atoms. The fourth-order valence-corrected chi connectivity index (χ4v) is 0.884. The van der Waals surface area contributed by atoms with Crippen LogP contribution in [0.4, 0.5) is 0 Å². The second-order valence-electron chi connectivity index (χ2n) is 2.05. The fraction of sp³-hybridized carbons (Fsp3) is 0.556. The van der Waals surface area contributed by atoms with Gasteiger partial charge in [0.25, 0.3) is 0 Å². The summed E-state index contributed by atoms with van der Waals surface area (Å²) < 4.78 is 8.74. The van der Waals surface area contributed by atoms with Crippen molar-refractivity contribution in [2.45, 2.75) is 32.1 Å². The molecule has 0 heterocycles. The molecule has 0 radical (unpaired) electrons. The first-order chi connectivity index (χ1) is 6.23. The van der Waals surface area contributed by atoms with Crippen LogP contribution in [0.2, 0.25) is 0 Å². The van der Waals surface area contributed by atoms with Crippen LogP contribution in [0.3, 0.4) is 0 Å². The molecule has 98 valence electrons. The maximum absolute atomic E-state index is 8.74. The van der Waals surface area contributed by atoms with Crippen molar-refractivity contribution in [3.05, 3.63) is 26.3 Å².